The summed E-state index contributed by atoms with van der Waals surface area (Å²) in [5.74, 6) is 0.0792. The third kappa shape index (κ3) is 5.64. The van der Waals surface area contributed by atoms with Crippen LogP contribution in [-0.4, -0.2) is 25.5 Å². The van der Waals surface area contributed by atoms with E-state index in [1.165, 1.54) is 24.3 Å². The van der Waals surface area contributed by atoms with Gasteiger partial charge < -0.3 is 9.30 Å². The number of nitrogens with one attached hydrogen (secondary N) is 1. The molecule has 0 saturated carbocycles. The van der Waals surface area contributed by atoms with Crippen LogP contribution in [0, 0.1) is 6.92 Å². The van der Waals surface area contributed by atoms with E-state index in [1.54, 1.807) is 17.6 Å². The number of nitrogens with zero attached hydrogens (tertiary/aromatic N) is 1. The Morgan fingerprint density at radius 2 is 1.66 bits per heavy atom. The van der Waals surface area contributed by atoms with Gasteiger partial charge in [0, 0.05) is 17.0 Å². The number of unbranched alkanes of at least 4 members (excludes halogenated alkanes) is 1. The Kier molecular flexibility index (Phi) is 7.69. The van der Waals surface area contributed by atoms with Crippen molar-refractivity contribution in [3.05, 3.63) is 94.1 Å². The molecule has 0 unspecified atom stereocenters. The molecule has 1 heterocycles. The number of amides is 1. The Balaban J connectivity index is 1.57. The van der Waals surface area contributed by atoms with Gasteiger partial charge in [-0.05, 0) is 67.8 Å². The first-order valence-electron chi connectivity index (χ1n) is 11.1. The molecule has 0 aliphatic rings. The Morgan fingerprint density at radius 3 is 2.37 bits per heavy atom. The highest BCUT2D eigenvalue weighted by atomic mass is 35.5. The normalized spacial score (nSPS) is 11.5. The number of aromatic nitrogens is 1. The zero-order valence-corrected chi connectivity index (χ0v) is 21.3. The van der Waals surface area contributed by atoms with Gasteiger partial charge in [-0.1, -0.05) is 53.5 Å². The number of hydrogen-bond donors (Lipinski definition) is 1. The third-order valence-electron chi connectivity index (χ3n) is 5.64. The van der Waals surface area contributed by atoms with Gasteiger partial charge in [0.2, 0.25) is 0 Å². The molecule has 0 bridgehead atoms. The van der Waals surface area contributed by atoms with E-state index < -0.39 is 15.9 Å². The SMILES string of the molecule is Cc1c(C(=O)NS(=O)(=O)c2ccc(Cl)cc2)n(CCCCOc2ccccc2)c2c(Cl)cccc12. The van der Waals surface area contributed by atoms with Crippen molar-refractivity contribution < 1.29 is 17.9 Å². The second-order valence-corrected chi connectivity index (χ2v) is 10.5. The molecule has 0 aliphatic heterocycles. The number of sulfonamides is 1. The van der Waals surface area contributed by atoms with Crippen LogP contribution >= 0.6 is 23.2 Å². The van der Waals surface area contributed by atoms with Crippen LogP contribution in [-0.2, 0) is 16.6 Å². The summed E-state index contributed by atoms with van der Waals surface area (Å²) in [5.41, 5.74) is 1.62. The Labute approximate surface area is 214 Å². The Bertz CT molecular complexity index is 1450. The number of rotatable bonds is 9. The number of carbonyl (C=O) groups is 1. The average Bonchev–Trinajstić information content (AvgIpc) is 3.12. The van der Waals surface area contributed by atoms with Gasteiger partial charge in [-0.15, -0.1) is 0 Å². The van der Waals surface area contributed by atoms with E-state index in [9.17, 15) is 13.2 Å². The summed E-state index contributed by atoms with van der Waals surface area (Å²) in [6, 6.07) is 20.6. The van der Waals surface area contributed by atoms with E-state index in [2.05, 4.69) is 4.72 Å². The highest BCUT2D eigenvalue weighted by Gasteiger charge is 2.26. The minimum atomic E-state index is -4.09. The van der Waals surface area contributed by atoms with Crippen LogP contribution in [0.2, 0.25) is 10.0 Å². The van der Waals surface area contributed by atoms with Gasteiger partial charge in [0.15, 0.2) is 0 Å². The van der Waals surface area contributed by atoms with Crippen molar-refractivity contribution in [2.75, 3.05) is 6.61 Å². The Morgan fingerprint density at radius 1 is 0.943 bits per heavy atom. The highest BCUT2D eigenvalue weighted by Crippen LogP contribution is 2.32. The number of halogens is 2. The van der Waals surface area contributed by atoms with Crippen molar-refractivity contribution in [3.8, 4) is 5.75 Å². The molecule has 3 aromatic carbocycles. The minimum absolute atomic E-state index is 0.0494. The lowest BCUT2D eigenvalue weighted by Crippen LogP contribution is -2.32. The predicted molar refractivity (Wildman–Crippen MR) is 139 cm³/mol. The lowest BCUT2D eigenvalue weighted by atomic mass is 10.1. The Hall–Kier alpha value is -3.00. The topological polar surface area (TPSA) is 77.4 Å². The average molecular weight is 531 g/mol. The molecule has 0 atom stereocenters. The number of para-hydroxylation sites is 2. The van der Waals surface area contributed by atoms with E-state index in [-0.39, 0.29) is 10.6 Å². The maximum Gasteiger partial charge on any atom is 0.281 e. The third-order valence-corrected chi connectivity index (χ3v) is 7.54. The van der Waals surface area contributed by atoms with Crippen LogP contribution in [0.25, 0.3) is 10.9 Å². The lowest BCUT2D eigenvalue weighted by molar-refractivity contribution is 0.0972. The first kappa shape index (κ1) is 25.1. The fraction of sp³-hybridized carbons (Fsp3) is 0.192. The second kappa shape index (κ2) is 10.7. The molecule has 0 fully saturated rings. The van der Waals surface area contributed by atoms with Crippen LogP contribution in [0.5, 0.6) is 5.75 Å². The molecule has 4 rings (SSSR count). The summed E-state index contributed by atoms with van der Waals surface area (Å²) >= 11 is 12.4. The lowest BCUT2D eigenvalue weighted by Gasteiger charge is -2.13. The van der Waals surface area contributed by atoms with Crippen molar-refractivity contribution in [2.24, 2.45) is 0 Å². The molecule has 1 N–H and O–H groups in total. The fourth-order valence-corrected chi connectivity index (χ4v) is 5.33. The van der Waals surface area contributed by atoms with Gasteiger partial charge in [-0.3, -0.25) is 4.79 Å². The molecular weight excluding hydrogens is 507 g/mol. The molecule has 4 aromatic rings. The maximum absolute atomic E-state index is 13.3. The molecule has 0 aliphatic carbocycles. The largest absolute Gasteiger partial charge is 0.494 e. The molecule has 0 saturated heterocycles. The molecule has 35 heavy (non-hydrogen) atoms. The van der Waals surface area contributed by atoms with E-state index >= 15 is 0 Å². The molecule has 0 spiro atoms. The molecule has 1 aromatic heterocycles. The maximum atomic E-state index is 13.3. The van der Waals surface area contributed by atoms with E-state index in [4.69, 9.17) is 27.9 Å². The van der Waals surface area contributed by atoms with Crippen LogP contribution in [0.1, 0.15) is 28.9 Å². The zero-order valence-electron chi connectivity index (χ0n) is 19.0. The smallest absolute Gasteiger partial charge is 0.281 e. The number of fused-ring (bicyclic) bond motifs is 1. The van der Waals surface area contributed by atoms with Crippen molar-refractivity contribution in [1.82, 2.24) is 9.29 Å². The summed E-state index contributed by atoms with van der Waals surface area (Å²) in [5, 5.41) is 1.69. The fourth-order valence-electron chi connectivity index (χ4n) is 3.97. The van der Waals surface area contributed by atoms with Gasteiger partial charge >= 0.3 is 0 Å². The molecule has 9 heteroatoms. The number of aryl methyl sites for hydroxylation is 2. The van der Waals surface area contributed by atoms with Gasteiger partial charge in [-0.25, -0.2) is 13.1 Å². The molecule has 0 radical (unpaired) electrons. The van der Waals surface area contributed by atoms with Gasteiger partial charge in [-0.2, -0.15) is 0 Å². The van der Waals surface area contributed by atoms with Crippen LogP contribution in [0.15, 0.2) is 77.7 Å². The number of benzene rings is 3. The first-order valence-corrected chi connectivity index (χ1v) is 13.3. The quantitative estimate of drug-likeness (QED) is 0.260. The predicted octanol–water partition coefficient (Wildman–Crippen LogP) is 6.23. The summed E-state index contributed by atoms with van der Waals surface area (Å²) in [7, 11) is -4.09. The molecule has 6 nitrogen and oxygen atoms in total. The number of carbonyl (C=O) groups excluding carboxylic acids is 1. The molecule has 1 amide bonds. The van der Waals surface area contributed by atoms with E-state index in [1.807, 2.05) is 42.5 Å². The van der Waals surface area contributed by atoms with E-state index in [0.717, 1.165) is 17.6 Å². The van der Waals surface area contributed by atoms with Gasteiger partial charge in [0.1, 0.15) is 11.4 Å². The monoisotopic (exact) mass is 530 g/mol. The van der Waals surface area contributed by atoms with Crippen molar-refractivity contribution >= 4 is 50.0 Å². The van der Waals surface area contributed by atoms with Crippen LogP contribution in [0.4, 0.5) is 0 Å². The summed E-state index contributed by atoms with van der Waals surface area (Å²) < 4.78 is 35.4. The van der Waals surface area contributed by atoms with Gasteiger partial charge in [0.05, 0.1) is 22.0 Å². The zero-order chi connectivity index (χ0) is 25.0. The number of ether oxygens (including phenoxy) is 1. The van der Waals surface area contributed by atoms with Gasteiger partial charge in [0.25, 0.3) is 15.9 Å². The van der Waals surface area contributed by atoms with Crippen LogP contribution in [0.3, 0.4) is 0 Å². The highest BCUT2D eigenvalue weighted by molar-refractivity contribution is 7.90. The van der Waals surface area contributed by atoms with E-state index in [0.29, 0.717) is 40.7 Å². The number of hydrogen-bond acceptors (Lipinski definition) is 4. The minimum Gasteiger partial charge on any atom is -0.494 e. The molecule has 182 valence electrons. The summed E-state index contributed by atoms with van der Waals surface area (Å²) in [6.07, 6.45) is 1.44. The van der Waals surface area contributed by atoms with Crippen molar-refractivity contribution in [2.45, 2.75) is 31.2 Å². The summed E-state index contributed by atoms with van der Waals surface area (Å²) in [6.45, 7) is 2.77. The van der Waals surface area contributed by atoms with Crippen molar-refractivity contribution in [1.29, 1.82) is 0 Å². The summed E-state index contributed by atoms with van der Waals surface area (Å²) in [4.78, 5) is 13.2. The van der Waals surface area contributed by atoms with Crippen LogP contribution < -0.4 is 9.46 Å². The van der Waals surface area contributed by atoms with Crippen molar-refractivity contribution in [3.63, 3.8) is 0 Å². The first-order chi connectivity index (χ1) is 16.8. The standard InChI is InChI=1S/C26H24Cl2N2O4S/c1-18-22-10-7-11-23(28)25(22)30(16-5-6-17-34-20-8-3-2-4-9-20)24(18)26(31)29-35(32,33)21-14-12-19(27)13-15-21/h2-4,7-15H,5-6,16-17H2,1H3,(H,29,31). The second-order valence-electron chi connectivity index (χ2n) is 8.02. The molecular formula is C26H24Cl2N2O4S.